The topological polar surface area (TPSA) is 96.1 Å². The van der Waals surface area contributed by atoms with Crippen molar-refractivity contribution >= 4 is 45.1 Å². The fourth-order valence-corrected chi connectivity index (χ4v) is 4.15. The number of alkyl halides is 6. The van der Waals surface area contributed by atoms with Gasteiger partial charge in [-0.25, -0.2) is 13.1 Å². The molecule has 0 fully saturated rings. The zero-order chi connectivity index (χ0) is 23.9. The normalized spacial score (nSPS) is 12.5. The second-order valence-electron chi connectivity index (χ2n) is 5.81. The Labute approximate surface area is 180 Å². The van der Waals surface area contributed by atoms with E-state index >= 15 is 0 Å². The van der Waals surface area contributed by atoms with Gasteiger partial charge < -0.3 is 9.69 Å². The van der Waals surface area contributed by atoms with Crippen LogP contribution in [0.4, 0.5) is 32.2 Å². The number of nitrogens with zero attached hydrogens (tertiary/aromatic N) is 4. The van der Waals surface area contributed by atoms with Gasteiger partial charge >= 0.3 is 11.7 Å². The maximum Gasteiger partial charge on any atom is 0.502 e. The average Bonchev–Trinajstić information content (AvgIpc) is 2.99. The standard InChI is InChI=1S/C15H8Cl2F6N4O3S/c1-26(2-3-28)13-12(31(29,30)15(21,22)23)10(6-24)25-27(13)11-8(16)4-7(5-9(11)17)14(18,19)20/h3-5H,2H2,1H3. The van der Waals surface area contributed by atoms with Crippen molar-refractivity contribution < 1.29 is 39.6 Å². The molecule has 0 N–H and O–H groups in total. The maximum absolute atomic E-state index is 13.2. The van der Waals surface area contributed by atoms with Gasteiger partial charge in [-0.05, 0) is 12.1 Å². The monoisotopic (exact) mass is 508 g/mol. The first kappa shape index (κ1) is 24.8. The second kappa shape index (κ2) is 8.21. The van der Waals surface area contributed by atoms with Crippen molar-refractivity contribution in [3.8, 4) is 11.8 Å². The van der Waals surface area contributed by atoms with Crippen LogP contribution in [-0.2, 0) is 20.8 Å². The van der Waals surface area contributed by atoms with E-state index in [9.17, 15) is 44.8 Å². The summed E-state index contributed by atoms with van der Waals surface area (Å²) >= 11 is 11.7. The van der Waals surface area contributed by atoms with E-state index in [4.69, 9.17) is 23.2 Å². The molecule has 1 aromatic carbocycles. The molecule has 2 aromatic rings. The summed E-state index contributed by atoms with van der Waals surface area (Å²) in [5.41, 5.74) is -9.04. The first-order valence-corrected chi connectivity index (χ1v) is 9.87. The van der Waals surface area contributed by atoms with Crippen LogP contribution in [0.25, 0.3) is 5.69 Å². The van der Waals surface area contributed by atoms with Crippen molar-refractivity contribution in [2.24, 2.45) is 0 Å². The van der Waals surface area contributed by atoms with Crippen molar-refractivity contribution in [3.05, 3.63) is 33.4 Å². The summed E-state index contributed by atoms with van der Waals surface area (Å²) in [7, 11) is -5.20. The Morgan fingerprint density at radius 1 is 1.19 bits per heavy atom. The molecular weight excluding hydrogens is 501 g/mol. The van der Waals surface area contributed by atoms with Crippen molar-refractivity contribution in [3.63, 3.8) is 0 Å². The number of rotatable bonds is 5. The number of hydrogen-bond acceptors (Lipinski definition) is 6. The number of benzene rings is 1. The van der Waals surface area contributed by atoms with E-state index in [0.717, 1.165) is 7.05 Å². The highest BCUT2D eigenvalue weighted by Crippen LogP contribution is 2.43. The Morgan fingerprint density at radius 2 is 1.71 bits per heavy atom. The molecule has 0 aliphatic rings. The predicted octanol–water partition coefficient (Wildman–Crippen LogP) is 4.00. The third kappa shape index (κ3) is 4.43. The Bertz CT molecular complexity index is 1160. The number of carbonyl (C=O) groups is 1. The zero-order valence-electron chi connectivity index (χ0n) is 14.9. The van der Waals surface area contributed by atoms with Gasteiger partial charge in [0, 0.05) is 7.05 Å². The molecule has 1 aromatic heterocycles. The van der Waals surface area contributed by atoms with Crippen LogP contribution in [0, 0.1) is 11.3 Å². The number of aromatic nitrogens is 2. The van der Waals surface area contributed by atoms with Crippen LogP contribution >= 0.6 is 23.2 Å². The summed E-state index contributed by atoms with van der Waals surface area (Å²) < 4.78 is 103. The minimum absolute atomic E-state index is 0.198. The molecule has 0 atom stereocenters. The number of hydrogen-bond donors (Lipinski definition) is 0. The van der Waals surface area contributed by atoms with Crippen molar-refractivity contribution in [2.75, 3.05) is 18.5 Å². The highest BCUT2D eigenvalue weighted by molar-refractivity contribution is 7.92. The lowest BCUT2D eigenvalue weighted by Gasteiger charge is -2.21. The predicted molar refractivity (Wildman–Crippen MR) is 95.9 cm³/mol. The summed E-state index contributed by atoms with van der Waals surface area (Å²) in [6.45, 7) is -0.674. The summed E-state index contributed by atoms with van der Waals surface area (Å²) in [5.74, 6) is -0.954. The largest absolute Gasteiger partial charge is 0.502 e. The fraction of sp³-hybridized carbons (Fsp3) is 0.267. The fourth-order valence-electron chi connectivity index (χ4n) is 2.45. The summed E-state index contributed by atoms with van der Waals surface area (Å²) in [6.07, 6.45) is -4.68. The molecule has 1 heterocycles. The smallest absolute Gasteiger partial charge is 0.351 e. The van der Waals surface area contributed by atoms with E-state index in [1.807, 2.05) is 0 Å². The van der Waals surface area contributed by atoms with Crippen LogP contribution in [0.3, 0.4) is 0 Å². The molecule has 168 valence electrons. The summed E-state index contributed by atoms with van der Waals surface area (Å²) in [6, 6.07) is 1.96. The van der Waals surface area contributed by atoms with Crippen LogP contribution in [-0.4, -0.2) is 43.6 Å². The average molecular weight is 509 g/mol. The number of likely N-dealkylation sites (N-methyl/N-ethyl adjacent to an activating group) is 1. The number of nitriles is 1. The van der Waals surface area contributed by atoms with Gasteiger partial charge in [-0.1, -0.05) is 23.2 Å². The van der Waals surface area contributed by atoms with E-state index in [-0.39, 0.29) is 6.29 Å². The van der Waals surface area contributed by atoms with E-state index in [2.05, 4.69) is 5.10 Å². The number of anilines is 1. The lowest BCUT2D eigenvalue weighted by molar-refractivity contribution is -0.137. The van der Waals surface area contributed by atoms with Crippen molar-refractivity contribution in [2.45, 2.75) is 16.6 Å². The molecule has 0 spiro atoms. The zero-order valence-corrected chi connectivity index (χ0v) is 17.2. The van der Waals surface area contributed by atoms with Crippen LogP contribution in [0.2, 0.25) is 10.0 Å². The first-order valence-electron chi connectivity index (χ1n) is 7.63. The molecular formula is C15H8Cl2F6N4O3S. The van der Waals surface area contributed by atoms with Gasteiger partial charge in [0.1, 0.15) is 18.0 Å². The van der Waals surface area contributed by atoms with Crippen LogP contribution in [0.15, 0.2) is 17.0 Å². The Balaban J connectivity index is 3.01. The lowest BCUT2D eigenvalue weighted by atomic mass is 10.2. The molecule has 0 radical (unpaired) electrons. The Kier molecular flexibility index (Phi) is 6.56. The molecule has 2 rings (SSSR count). The quantitative estimate of drug-likeness (QED) is 0.447. The van der Waals surface area contributed by atoms with Gasteiger partial charge in [0.15, 0.2) is 16.4 Å². The Hall–Kier alpha value is -2.50. The van der Waals surface area contributed by atoms with Gasteiger partial charge in [0.25, 0.3) is 9.84 Å². The van der Waals surface area contributed by atoms with E-state index in [1.165, 1.54) is 6.07 Å². The van der Waals surface area contributed by atoms with Gasteiger partial charge in [0.2, 0.25) is 0 Å². The molecule has 0 saturated carbocycles. The molecule has 7 nitrogen and oxygen atoms in total. The second-order valence-corrected chi connectivity index (χ2v) is 8.50. The van der Waals surface area contributed by atoms with Crippen LogP contribution in [0.5, 0.6) is 0 Å². The number of aldehydes is 1. The van der Waals surface area contributed by atoms with Crippen LogP contribution < -0.4 is 4.90 Å². The first-order chi connectivity index (χ1) is 14.1. The van der Waals surface area contributed by atoms with Gasteiger partial charge in [-0.3, -0.25) is 0 Å². The SMILES string of the molecule is CN(CC=O)c1c(S(=O)(=O)C(F)(F)F)c(C#N)nn1-c1c(Cl)cc(C(F)(F)F)cc1Cl. The minimum atomic E-state index is -6.19. The molecule has 0 bridgehead atoms. The highest BCUT2D eigenvalue weighted by Gasteiger charge is 2.51. The maximum atomic E-state index is 13.2. The van der Waals surface area contributed by atoms with Gasteiger partial charge in [-0.15, -0.1) is 0 Å². The van der Waals surface area contributed by atoms with Crippen molar-refractivity contribution in [1.29, 1.82) is 5.26 Å². The van der Waals surface area contributed by atoms with Gasteiger partial charge in [0.05, 0.1) is 22.2 Å². The van der Waals surface area contributed by atoms with Crippen LogP contribution in [0.1, 0.15) is 11.3 Å². The molecule has 0 unspecified atom stereocenters. The molecule has 0 saturated heterocycles. The molecule has 0 amide bonds. The van der Waals surface area contributed by atoms with E-state index in [1.54, 1.807) is 0 Å². The summed E-state index contributed by atoms with van der Waals surface area (Å²) in [4.78, 5) is 9.95. The third-order valence-electron chi connectivity index (χ3n) is 3.76. The molecule has 31 heavy (non-hydrogen) atoms. The summed E-state index contributed by atoms with van der Waals surface area (Å²) in [5, 5.41) is 11.1. The van der Waals surface area contributed by atoms with E-state index in [0.29, 0.717) is 21.7 Å². The number of halogens is 8. The number of sulfone groups is 1. The van der Waals surface area contributed by atoms with Crippen molar-refractivity contribution in [1.82, 2.24) is 9.78 Å². The molecule has 0 aliphatic carbocycles. The number of carbonyl (C=O) groups excluding carboxylic acids is 1. The van der Waals surface area contributed by atoms with Gasteiger partial charge in [-0.2, -0.15) is 36.7 Å². The highest BCUT2D eigenvalue weighted by atomic mass is 35.5. The minimum Gasteiger partial charge on any atom is -0.351 e. The third-order valence-corrected chi connectivity index (χ3v) is 5.86. The Morgan fingerprint density at radius 3 is 2.10 bits per heavy atom. The lowest BCUT2D eigenvalue weighted by Crippen LogP contribution is -2.29. The molecule has 0 aliphatic heterocycles. The van der Waals surface area contributed by atoms with E-state index < -0.39 is 65.8 Å². The molecule has 16 heteroatoms.